The third-order valence-electron chi connectivity index (χ3n) is 4.65. The topological polar surface area (TPSA) is 117 Å². The molecule has 0 aliphatic rings. The maximum atomic E-state index is 12.7. The number of methoxy groups -OCH3 is 1. The van der Waals surface area contributed by atoms with E-state index in [1.54, 1.807) is 30.7 Å². The van der Waals surface area contributed by atoms with Crippen LogP contribution in [0.25, 0.3) is 5.69 Å². The van der Waals surface area contributed by atoms with Gasteiger partial charge in [0.25, 0.3) is 11.7 Å². The van der Waals surface area contributed by atoms with Crippen molar-refractivity contribution in [2.45, 2.75) is 13.8 Å². The van der Waals surface area contributed by atoms with Gasteiger partial charge in [0.15, 0.2) is 6.61 Å². The number of rotatable bonds is 7. The molecule has 1 heterocycles. The molecule has 164 valence electrons. The number of anilines is 1. The monoisotopic (exact) mass is 435 g/mol. The molecule has 0 saturated carbocycles. The summed E-state index contributed by atoms with van der Waals surface area (Å²) in [5, 5.41) is 6.80. The number of para-hydroxylation sites is 2. The highest BCUT2D eigenvalue weighted by molar-refractivity contribution is 6.41. The molecule has 2 aromatic carbocycles. The summed E-state index contributed by atoms with van der Waals surface area (Å²) in [6.07, 6.45) is 0. The number of esters is 2. The Hall–Kier alpha value is -4.27. The Balaban J connectivity index is 1.67. The molecule has 0 spiro atoms. The zero-order valence-electron chi connectivity index (χ0n) is 17.7. The van der Waals surface area contributed by atoms with Crippen LogP contribution in [0.2, 0.25) is 0 Å². The van der Waals surface area contributed by atoms with Gasteiger partial charge in [-0.3, -0.25) is 9.59 Å². The van der Waals surface area contributed by atoms with E-state index >= 15 is 0 Å². The van der Waals surface area contributed by atoms with E-state index in [-0.39, 0.29) is 16.8 Å². The van der Waals surface area contributed by atoms with Crippen LogP contribution < -0.4 is 5.32 Å². The predicted molar refractivity (Wildman–Crippen MR) is 115 cm³/mol. The number of carbonyl (C=O) groups is 4. The van der Waals surface area contributed by atoms with Crippen LogP contribution in [0, 0.1) is 13.8 Å². The van der Waals surface area contributed by atoms with Crippen molar-refractivity contribution in [1.82, 2.24) is 9.78 Å². The molecule has 0 aliphatic heterocycles. The van der Waals surface area contributed by atoms with Crippen molar-refractivity contribution in [1.29, 1.82) is 0 Å². The first-order chi connectivity index (χ1) is 15.3. The van der Waals surface area contributed by atoms with Crippen molar-refractivity contribution < 1.29 is 28.7 Å². The number of nitrogens with one attached hydrogen (secondary N) is 1. The van der Waals surface area contributed by atoms with Crippen LogP contribution in [-0.4, -0.2) is 47.1 Å². The molecular formula is C23H21N3O6. The largest absolute Gasteiger partial charge is 0.465 e. The molecule has 0 atom stereocenters. The Bertz CT molecular complexity index is 1180. The Labute approximate surface area is 183 Å². The lowest BCUT2D eigenvalue weighted by Crippen LogP contribution is -2.26. The summed E-state index contributed by atoms with van der Waals surface area (Å²) in [7, 11) is 1.22. The highest BCUT2D eigenvalue weighted by atomic mass is 16.5. The number of nitrogens with zero attached hydrogens (tertiary/aromatic N) is 2. The molecule has 1 amide bonds. The van der Waals surface area contributed by atoms with Gasteiger partial charge in [0.2, 0.25) is 0 Å². The summed E-state index contributed by atoms with van der Waals surface area (Å²) in [4.78, 5) is 49.0. The van der Waals surface area contributed by atoms with Crippen molar-refractivity contribution in [2.24, 2.45) is 0 Å². The molecule has 0 radical (unpaired) electrons. The van der Waals surface area contributed by atoms with Crippen molar-refractivity contribution in [2.75, 3.05) is 19.0 Å². The number of hydrogen-bond donors (Lipinski definition) is 1. The second-order valence-corrected chi connectivity index (χ2v) is 6.78. The molecule has 32 heavy (non-hydrogen) atoms. The number of aryl methyl sites for hydroxylation is 1. The van der Waals surface area contributed by atoms with E-state index in [4.69, 9.17) is 4.74 Å². The van der Waals surface area contributed by atoms with E-state index in [0.717, 1.165) is 5.69 Å². The van der Waals surface area contributed by atoms with Crippen LogP contribution in [0.3, 0.4) is 0 Å². The van der Waals surface area contributed by atoms with Gasteiger partial charge in [0, 0.05) is 0 Å². The average molecular weight is 435 g/mol. The number of aromatic nitrogens is 2. The highest BCUT2D eigenvalue weighted by Crippen LogP contribution is 2.19. The normalized spacial score (nSPS) is 10.3. The van der Waals surface area contributed by atoms with E-state index in [1.807, 2.05) is 30.3 Å². The van der Waals surface area contributed by atoms with Crippen molar-refractivity contribution in [3.63, 3.8) is 0 Å². The minimum absolute atomic E-state index is 0.121. The van der Waals surface area contributed by atoms with Gasteiger partial charge >= 0.3 is 11.9 Å². The highest BCUT2D eigenvalue weighted by Gasteiger charge is 2.27. The van der Waals surface area contributed by atoms with E-state index in [0.29, 0.717) is 11.4 Å². The Morgan fingerprint density at radius 2 is 1.62 bits per heavy atom. The number of ether oxygens (including phenoxy) is 2. The molecule has 0 fully saturated rings. The molecule has 9 heteroatoms. The molecule has 0 saturated heterocycles. The van der Waals surface area contributed by atoms with Gasteiger partial charge in [-0.25, -0.2) is 14.3 Å². The van der Waals surface area contributed by atoms with Gasteiger partial charge in [-0.1, -0.05) is 30.3 Å². The summed E-state index contributed by atoms with van der Waals surface area (Å²) in [6, 6.07) is 15.4. The average Bonchev–Trinajstić information content (AvgIpc) is 3.11. The van der Waals surface area contributed by atoms with Crippen LogP contribution in [0.15, 0.2) is 54.6 Å². The van der Waals surface area contributed by atoms with E-state index in [1.165, 1.54) is 19.2 Å². The lowest BCUT2D eigenvalue weighted by atomic mass is 10.1. The van der Waals surface area contributed by atoms with Crippen molar-refractivity contribution >= 4 is 29.3 Å². The van der Waals surface area contributed by atoms with Gasteiger partial charge in [0.1, 0.15) is 0 Å². The van der Waals surface area contributed by atoms with Gasteiger partial charge in [-0.2, -0.15) is 5.10 Å². The zero-order valence-corrected chi connectivity index (χ0v) is 17.7. The second-order valence-electron chi connectivity index (χ2n) is 6.78. The molecule has 0 bridgehead atoms. The van der Waals surface area contributed by atoms with E-state index in [2.05, 4.69) is 15.2 Å². The fraction of sp³-hybridized carbons (Fsp3) is 0.174. The molecule has 0 aliphatic carbocycles. The third-order valence-corrected chi connectivity index (χ3v) is 4.65. The van der Waals surface area contributed by atoms with Crippen LogP contribution in [0.1, 0.15) is 32.1 Å². The van der Waals surface area contributed by atoms with Gasteiger partial charge in [-0.15, -0.1) is 0 Å². The first-order valence-electron chi connectivity index (χ1n) is 9.63. The van der Waals surface area contributed by atoms with Crippen LogP contribution in [0.5, 0.6) is 0 Å². The van der Waals surface area contributed by atoms with E-state index < -0.39 is 30.2 Å². The van der Waals surface area contributed by atoms with Crippen LogP contribution >= 0.6 is 0 Å². The van der Waals surface area contributed by atoms with Crippen LogP contribution in [0.4, 0.5) is 5.69 Å². The van der Waals surface area contributed by atoms with Gasteiger partial charge < -0.3 is 14.8 Å². The summed E-state index contributed by atoms with van der Waals surface area (Å²) in [6.45, 7) is 2.58. The Kier molecular flexibility index (Phi) is 6.79. The van der Waals surface area contributed by atoms with Crippen molar-refractivity contribution in [3.05, 3.63) is 77.1 Å². The quantitative estimate of drug-likeness (QED) is 0.344. The smallest absolute Gasteiger partial charge is 0.380 e. The van der Waals surface area contributed by atoms with Crippen molar-refractivity contribution in [3.8, 4) is 5.69 Å². The fourth-order valence-corrected chi connectivity index (χ4v) is 3.16. The van der Waals surface area contributed by atoms with E-state index in [9.17, 15) is 19.2 Å². The number of amides is 1. The standard InChI is InChI=1S/C23H21N3O6/c1-14-20(15(2)26(25-14)16-9-5-4-6-10-16)21(28)23(30)32-13-19(27)24-18-12-8-7-11-17(18)22(29)31-3/h4-12H,13H2,1-3H3,(H,24,27). The number of hydrogen-bond acceptors (Lipinski definition) is 7. The van der Waals surface area contributed by atoms with Gasteiger partial charge in [-0.05, 0) is 38.1 Å². The lowest BCUT2D eigenvalue weighted by molar-refractivity contribution is -0.142. The molecule has 1 N–H and O–H groups in total. The summed E-state index contributed by atoms with van der Waals surface area (Å²) in [5.41, 5.74) is 2.05. The summed E-state index contributed by atoms with van der Waals surface area (Å²) in [5.74, 6) is -3.42. The SMILES string of the molecule is COC(=O)c1ccccc1NC(=O)COC(=O)C(=O)c1c(C)nn(-c2ccccc2)c1C. The minimum Gasteiger partial charge on any atom is -0.465 e. The fourth-order valence-electron chi connectivity index (χ4n) is 3.16. The number of Topliss-reactive ketones (excluding diaryl/α,β-unsaturated/α-hetero) is 1. The Morgan fingerprint density at radius 3 is 2.31 bits per heavy atom. The predicted octanol–water partition coefficient (Wildman–Crippen LogP) is 2.64. The third kappa shape index (κ3) is 4.72. The number of carbonyl (C=O) groups excluding carboxylic acids is 4. The first kappa shape index (κ1) is 22.4. The number of ketones is 1. The molecule has 1 aromatic heterocycles. The molecule has 9 nitrogen and oxygen atoms in total. The zero-order chi connectivity index (χ0) is 23.3. The molecular weight excluding hydrogens is 414 g/mol. The number of benzene rings is 2. The maximum Gasteiger partial charge on any atom is 0.380 e. The lowest BCUT2D eigenvalue weighted by Gasteiger charge is -2.10. The van der Waals surface area contributed by atoms with Gasteiger partial charge in [0.05, 0.1) is 41.0 Å². The second kappa shape index (κ2) is 9.69. The molecule has 3 rings (SSSR count). The maximum absolute atomic E-state index is 12.7. The first-order valence-corrected chi connectivity index (χ1v) is 9.63. The minimum atomic E-state index is -1.18. The van der Waals surface area contributed by atoms with Crippen LogP contribution in [-0.2, 0) is 19.1 Å². The molecule has 0 unspecified atom stereocenters. The summed E-state index contributed by atoms with van der Waals surface area (Å²) >= 11 is 0. The summed E-state index contributed by atoms with van der Waals surface area (Å²) < 4.78 is 11.1. The molecule has 3 aromatic rings. The Morgan fingerprint density at radius 1 is 0.969 bits per heavy atom.